The number of nitrogens with zero attached hydrogens (tertiary/aromatic N) is 2. The van der Waals surface area contributed by atoms with E-state index in [0.29, 0.717) is 0 Å². The van der Waals surface area contributed by atoms with Crippen LogP contribution in [0.1, 0.15) is 12.6 Å². The van der Waals surface area contributed by atoms with Gasteiger partial charge in [-0.15, -0.1) is 0 Å². The van der Waals surface area contributed by atoms with Crippen LogP contribution in [0.2, 0.25) is 0 Å². The number of amides is 2. The summed E-state index contributed by atoms with van der Waals surface area (Å²) in [5, 5.41) is 10.8. The summed E-state index contributed by atoms with van der Waals surface area (Å²) in [5.41, 5.74) is -4.56. The lowest BCUT2D eigenvalue weighted by atomic mass is 9.92. The van der Waals surface area contributed by atoms with Crippen molar-refractivity contribution in [3.63, 3.8) is 0 Å². The molecule has 0 saturated carbocycles. The predicted molar refractivity (Wildman–Crippen MR) is 212 cm³/mol. The van der Waals surface area contributed by atoms with E-state index in [1.165, 1.54) is 57.4 Å². The van der Waals surface area contributed by atoms with Gasteiger partial charge in [-0.3, -0.25) is 33.6 Å². The minimum Gasteiger partial charge on any atom is -0.506 e. The summed E-state index contributed by atoms with van der Waals surface area (Å²) in [4.78, 5) is 135. The van der Waals surface area contributed by atoms with E-state index in [1.54, 1.807) is 0 Å². The SMILES string of the molecule is COC(=O)COC(=O)C1CN(C(=O)Cn2c(C)cc3c(=O)c4ccc5c(OC)c6c(=O)c7c(OCC(=O)OC)cccc7c(=O)c6c(O)c5c4c(=O)c3c2=O)C(C)C(=O)N1. The Balaban J connectivity index is 1.41. The number of nitrogens with one attached hydrogen (secondary N) is 1. The Morgan fingerprint density at radius 3 is 2.08 bits per heavy atom. The fraction of sp³-hybridized carbons (Fsp3) is 0.268. The van der Waals surface area contributed by atoms with E-state index in [4.69, 9.17) is 14.2 Å². The van der Waals surface area contributed by atoms with Crippen molar-refractivity contribution in [2.24, 2.45) is 0 Å². The van der Waals surface area contributed by atoms with Crippen LogP contribution in [0.5, 0.6) is 17.2 Å². The van der Waals surface area contributed by atoms with Crippen LogP contribution in [0.15, 0.2) is 60.4 Å². The smallest absolute Gasteiger partial charge is 0.344 e. The molecule has 1 aliphatic heterocycles. The molecule has 1 aromatic heterocycles. The minimum atomic E-state index is -1.37. The summed E-state index contributed by atoms with van der Waals surface area (Å²) in [6.07, 6.45) is 0. The molecule has 0 aliphatic carbocycles. The number of carbonyl (C=O) groups is 5. The number of aromatic nitrogens is 1. The van der Waals surface area contributed by atoms with Gasteiger partial charge in [-0.2, -0.15) is 0 Å². The first-order valence-corrected chi connectivity index (χ1v) is 18.0. The highest BCUT2D eigenvalue weighted by atomic mass is 16.6. The Hall–Kier alpha value is -7.70. The van der Waals surface area contributed by atoms with Crippen LogP contribution in [-0.2, 0) is 44.7 Å². The molecule has 0 spiro atoms. The zero-order valence-corrected chi connectivity index (χ0v) is 32.4. The molecule has 19 nitrogen and oxygen atoms in total. The second-order valence-corrected chi connectivity index (χ2v) is 13.8. The number of fused-ring (bicyclic) bond motifs is 6. The van der Waals surface area contributed by atoms with E-state index in [9.17, 15) is 53.1 Å². The van der Waals surface area contributed by atoms with Crippen molar-refractivity contribution in [2.75, 3.05) is 41.1 Å². The van der Waals surface area contributed by atoms with Crippen LogP contribution in [0.4, 0.5) is 0 Å². The van der Waals surface area contributed by atoms with Gasteiger partial charge in [0.2, 0.25) is 22.7 Å². The van der Waals surface area contributed by atoms with Crippen molar-refractivity contribution in [3.8, 4) is 17.2 Å². The summed E-state index contributed by atoms with van der Waals surface area (Å²) < 4.78 is 26.0. The molecule has 1 fully saturated rings. The van der Waals surface area contributed by atoms with Gasteiger partial charge in [0.15, 0.2) is 24.1 Å². The number of esters is 3. The summed E-state index contributed by atoms with van der Waals surface area (Å²) in [6, 6.07) is 5.35. The maximum atomic E-state index is 14.6. The number of phenolic OH excluding ortho intramolecular Hbond substituents is 1. The fourth-order valence-electron chi connectivity index (χ4n) is 7.57. The third-order valence-corrected chi connectivity index (χ3v) is 10.6. The number of ether oxygens (including phenoxy) is 5. The molecule has 2 N–H and O–H groups in total. The largest absolute Gasteiger partial charge is 0.506 e. The molecular weight excluding hydrogens is 790 g/mol. The van der Waals surface area contributed by atoms with Gasteiger partial charge >= 0.3 is 17.9 Å². The Bertz CT molecular complexity index is 3200. The topological polar surface area (TPSA) is 257 Å². The van der Waals surface area contributed by atoms with Crippen molar-refractivity contribution in [3.05, 3.63) is 93.3 Å². The summed E-state index contributed by atoms with van der Waals surface area (Å²) in [5.74, 6) is -5.45. The van der Waals surface area contributed by atoms with E-state index < -0.39 is 117 Å². The molecule has 5 aromatic carbocycles. The first kappa shape index (κ1) is 40.5. The number of hydrogen-bond acceptors (Lipinski definition) is 16. The van der Waals surface area contributed by atoms with Gasteiger partial charge in [-0.05, 0) is 38.1 Å². The average Bonchev–Trinajstić information content (AvgIpc) is 3.24. The molecule has 2 heterocycles. The van der Waals surface area contributed by atoms with Gasteiger partial charge in [0.25, 0.3) is 5.56 Å². The molecule has 2 amide bonds. The third-order valence-electron chi connectivity index (χ3n) is 10.6. The van der Waals surface area contributed by atoms with Gasteiger partial charge in [-0.1, -0.05) is 12.1 Å². The van der Waals surface area contributed by atoms with Crippen molar-refractivity contribution in [1.29, 1.82) is 0 Å². The minimum absolute atomic E-state index is 0.0747. The van der Waals surface area contributed by atoms with Gasteiger partial charge in [-0.25, -0.2) is 14.4 Å². The van der Waals surface area contributed by atoms with Gasteiger partial charge < -0.3 is 43.6 Å². The van der Waals surface area contributed by atoms with E-state index in [0.717, 1.165) is 23.7 Å². The monoisotopic (exact) mass is 823 g/mol. The molecule has 0 radical (unpaired) electrons. The highest BCUT2D eigenvalue weighted by Crippen LogP contribution is 2.43. The number of piperazine rings is 1. The first-order chi connectivity index (χ1) is 28.6. The number of aryl methyl sites for hydroxylation is 1. The highest BCUT2D eigenvalue weighted by Gasteiger charge is 2.39. The molecule has 19 heteroatoms. The van der Waals surface area contributed by atoms with Gasteiger partial charge in [0.05, 0.1) is 49.4 Å². The number of carbonyl (C=O) groups excluding carboxylic acids is 5. The van der Waals surface area contributed by atoms with E-state index in [2.05, 4.69) is 14.8 Å². The van der Waals surface area contributed by atoms with Crippen LogP contribution in [0.3, 0.4) is 0 Å². The Labute approximate surface area is 334 Å². The summed E-state index contributed by atoms with van der Waals surface area (Å²) in [6.45, 7) is 0.302. The molecule has 1 aliphatic rings. The molecular formula is C41H33N3O16. The van der Waals surface area contributed by atoms with Crippen LogP contribution in [0.25, 0.3) is 53.9 Å². The Kier molecular flexibility index (Phi) is 10.3. The van der Waals surface area contributed by atoms with E-state index in [1.807, 2.05) is 0 Å². The molecule has 7 rings (SSSR count). The average molecular weight is 824 g/mol. The standard InChI is InChI=1S/C41H33N3O16/c1-16-11-21-30(40(54)43(16)13-24(45)44-12-22(42-39(53)17(44)2)41(55)60-15-26(47)57-4)36(51)28-19(33(21)48)9-10-20-29(28)37(52)31-32(38(20)58-5)35(50)27-18(34(31)49)7-6-8-23(27)59-14-25(46)56-3/h6-11,17,22,52H,12-15H2,1-5H3,(H,42,53). The maximum absolute atomic E-state index is 14.6. The second kappa shape index (κ2) is 15.2. The molecule has 308 valence electrons. The number of hydrogen-bond donors (Lipinski definition) is 2. The second-order valence-electron chi connectivity index (χ2n) is 13.8. The molecule has 0 bridgehead atoms. The van der Waals surface area contributed by atoms with Gasteiger partial charge in [0, 0.05) is 38.0 Å². The third kappa shape index (κ3) is 6.30. The van der Waals surface area contributed by atoms with Crippen molar-refractivity contribution >= 4 is 83.6 Å². The zero-order chi connectivity index (χ0) is 43.5. The highest BCUT2D eigenvalue weighted by molar-refractivity contribution is 6.23. The molecule has 2 atom stereocenters. The van der Waals surface area contributed by atoms with Crippen molar-refractivity contribution in [2.45, 2.75) is 32.5 Å². The van der Waals surface area contributed by atoms with Crippen LogP contribution in [-0.4, -0.2) is 97.5 Å². The molecule has 60 heavy (non-hydrogen) atoms. The number of benzene rings is 5. The lowest BCUT2D eigenvalue weighted by molar-refractivity contribution is -0.161. The normalized spacial score (nSPS) is 15.3. The number of rotatable bonds is 9. The predicted octanol–water partition coefficient (Wildman–Crippen LogP) is -0.0632. The number of phenols is 1. The first-order valence-electron chi connectivity index (χ1n) is 18.0. The van der Waals surface area contributed by atoms with Crippen molar-refractivity contribution in [1.82, 2.24) is 14.8 Å². The maximum Gasteiger partial charge on any atom is 0.344 e. The number of methoxy groups -OCH3 is 3. The molecule has 6 aromatic rings. The fourth-order valence-corrected chi connectivity index (χ4v) is 7.57. The Morgan fingerprint density at radius 1 is 0.750 bits per heavy atom. The molecule has 2 unspecified atom stereocenters. The Morgan fingerprint density at radius 2 is 1.40 bits per heavy atom. The summed E-state index contributed by atoms with van der Waals surface area (Å²) in [7, 11) is 3.40. The number of aromatic hydroxyl groups is 1. The summed E-state index contributed by atoms with van der Waals surface area (Å²) >= 11 is 0. The lowest BCUT2D eigenvalue weighted by Crippen LogP contribution is -2.63. The lowest BCUT2D eigenvalue weighted by Gasteiger charge is -2.36. The van der Waals surface area contributed by atoms with Crippen LogP contribution < -0.4 is 42.1 Å². The van der Waals surface area contributed by atoms with E-state index in [-0.39, 0.29) is 54.9 Å². The van der Waals surface area contributed by atoms with Crippen LogP contribution in [0, 0.1) is 6.92 Å². The number of pyridine rings is 1. The van der Waals surface area contributed by atoms with Crippen molar-refractivity contribution < 1.29 is 52.8 Å². The van der Waals surface area contributed by atoms with Gasteiger partial charge in [0.1, 0.15) is 35.9 Å². The van der Waals surface area contributed by atoms with E-state index >= 15 is 0 Å². The molecule has 1 saturated heterocycles. The zero-order valence-electron chi connectivity index (χ0n) is 32.4. The van der Waals surface area contributed by atoms with Crippen LogP contribution >= 0.6 is 0 Å². The quantitative estimate of drug-likeness (QED) is 0.0838.